The van der Waals surface area contributed by atoms with Crippen molar-refractivity contribution in [3.05, 3.63) is 12.2 Å². The lowest BCUT2D eigenvalue weighted by molar-refractivity contribution is -0.210. The highest BCUT2D eigenvalue weighted by Crippen LogP contribution is 2.66. The number of nitrogens with two attached hydrogens (primary N) is 1. The maximum Gasteiger partial charge on any atom is 0.0836 e. The van der Waals surface area contributed by atoms with Crippen molar-refractivity contribution in [3.63, 3.8) is 0 Å². The molecule has 0 aromatic heterocycles. The van der Waals surface area contributed by atoms with Gasteiger partial charge in [-0.15, -0.1) is 0 Å². The minimum absolute atomic E-state index is 0.143. The third-order valence-corrected chi connectivity index (χ3v) is 8.75. The SMILES string of the molecule is C=C1CCC2C3C(CCC12C)[C@@]1(C)CC[C@@H](N)CC1[C@@H](O)[C@@H]3O.CC. The molecule has 0 aromatic carbocycles. The molecule has 0 spiro atoms. The fourth-order valence-corrected chi connectivity index (χ4v) is 7.20. The van der Waals surface area contributed by atoms with E-state index in [1.807, 2.05) is 13.8 Å². The van der Waals surface area contributed by atoms with Crippen molar-refractivity contribution >= 4 is 0 Å². The molecular weight excluding hydrogens is 310 g/mol. The Bertz CT molecular complexity index is 520. The Labute approximate surface area is 154 Å². The number of hydrogen-bond acceptors (Lipinski definition) is 3. The quantitative estimate of drug-likeness (QED) is 0.581. The van der Waals surface area contributed by atoms with E-state index in [2.05, 4.69) is 20.4 Å². The number of aliphatic hydroxyl groups excluding tert-OH is 2. The zero-order valence-corrected chi connectivity index (χ0v) is 16.7. The number of hydrogen-bond donors (Lipinski definition) is 3. The summed E-state index contributed by atoms with van der Waals surface area (Å²) in [4.78, 5) is 0. The molecule has 3 nitrogen and oxygen atoms in total. The molecule has 4 N–H and O–H groups in total. The van der Waals surface area contributed by atoms with Gasteiger partial charge in [-0.2, -0.15) is 0 Å². The second-order valence-electron chi connectivity index (χ2n) is 9.52. The minimum atomic E-state index is -0.608. The van der Waals surface area contributed by atoms with Gasteiger partial charge in [-0.3, -0.25) is 0 Å². The highest BCUT2D eigenvalue weighted by molar-refractivity contribution is 5.23. The van der Waals surface area contributed by atoms with Crippen LogP contribution in [0.4, 0.5) is 0 Å². The van der Waals surface area contributed by atoms with E-state index < -0.39 is 12.2 Å². The summed E-state index contributed by atoms with van der Waals surface area (Å²) in [7, 11) is 0. The summed E-state index contributed by atoms with van der Waals surface area (Å²) < 4.78 is 0. The van der Waals surface area contributed by atoms with Gasteiger partial charge in [0.15, 0.2) is 0 Å². The lowest BCUT2D eigenvalue weighted by Crippen LogP contribution is -2.64. The Kier molecular flexibility index (Phi) is 5.16. The summed E-state index contributed by atoms with van der Waals surface area (Å²) in [6, 6.07) is 0.187. The average molecular weight is 350 g/mol. The Morgan fingerprint density at radius 2 is 1.64 bits per heavy atom. The summed E-state index contributed by atoms with van der Waals surface area (Å²) in [5.41, 5.74) is 7.89. The van der Waals surface area contributed by atoms with Crippen molar-refractivity contribution in [1.82, 2.24) is 0 Å². The average Bonchev–Trinajstić information content (AvgIpc) is 2.91. The van der Waals surface area contributed by atoms with Crippen LogP contribution in [0.3, 0.4) is 0 Å². The number of aliphatic hydroxyl groups is 2. The molecule has 0 aromatic rings. The molecule has 4 aliphatic carbocycles. The van der Waals surface area contributed by atoms with Crippen LogP contribution in [-0.4, -0.2) is 28.5 Å². The standard InChI is InChI=1S/C20H33NO2.C2H6/c1-11-4-5-13-16-14(7-9-19(11,13)2)20(3)8-6-12(21)10-15(20)17(22)18(16)23;1-2/h12-18,22-23H,1,4-10,21H2,2-3H3;1-2H3/t12-,13?,14?,15?,16?,17-,18-,19?,20-;/m1./s1. The molecule has 144 valence electrons. The molecule has 0 aliphatic heterocycles. The lowest BCUT2D eigenvalue weighted by atomic mass is 9.43. The Balaban J connectivity index is 0.000000880. The zero-order valence-electron chi connectivity index (χ0n) is 16.7. The van der Waals surface area contributed by atoms with Gasteiger partial charge in [0.05, 0.1) is 12.2 Å². The molecule has 4 saturated carbocycles. The first-order valence-corrected chi connectivity index (χ1v) is 10.6. The predicted octanol–water partition coefficient (Wildman–Crippen LogP) is 3.88. The molecule has 3 heteroatoms. The molecule has 4 aliphatic rings. The maximum atomic E-state index is 11.0. The third-order valence-electron chi connectivity index (χ3n) is 8.75. The Hall–Kier alpha value is -0.380. The van der Waals surface area contributed by atoms with Crippen molar-refractivity contribution in [2.75, 3.05) is 0 Å². The summed E-state index contributed by atoms with van der Waals surface area (Å²) in [6.45, 7) is 13.1. The van der Waals surface area contributed by atoms with Crippen LogP contribution >= 0.6 is 0 Å². The van der Waals surface area contributed by atoms with Gasteiger partial charge in [0.25, 0.3) is 0 Å². The van der Waals surface area contributed by atoms with Crippen molar-refractivity contribution in [1.29, 1.82) is 0 Å². The van der Waals surface area contributed by atoms with Crippen molar-refractivity contribution in [2.45, 2.75) is 90.9 Å². The van der Waals surface area contributed by atoms with Crippen LogP contribution < -0.4 is 5.73 Å². The first-order valence-electron chi connectivity index (χ1n) is 10.6. The van der Waals surface area contributed by atoms with Crippen molar-refractivity contribution in [3.8, 4) is 0 Å². The van der Waals surface area contributed by atoms with Crippen LogP contribution in [0.1, 0.15) is 72.6 Å². The smallest absolute Gasteiger partial charge is 0.0836 e. The fraction of sp³-hybridized carbons (Fsp3) is 0.909. The van der Waals surface area contributed by atoms with Gasteiger partial charge in [-0.1, -0.05) is 39.8 Å². The Morgan fingerprint density at radius 3 is 2.32 bits per heavy atom. The van der Waals surface area contributed by atoms with Gasteiger partial charge >= 0.3 is 0 Å². The van der Waals surface area contributed by atoms with E-state index >= 15 is 0 Å². The van der Waals surface area contributed by atoms with Gasteiger partial charge in [-0.05, 0) is 79.4 Å². The van der Waals surface area contributed by atoms with Crippen LogP contribution in [0.15, 0.2) is 12.2 Å². The summed E-state index contributed by atoms with van der Waals surface area (Å²) in [5.74, 6) is 1.42. The normalized spacial score (nSPS) is 54.7. The highest BCUT2D eigenvalue weighted by atomic mass is 16.3. The van der Waals surface area contributed by atoms with Crippen molar-refractivity contribution in [2.24, 2.45) is 40.2 Å². The summed E-state index contributed by atoms with van der Waals surface area (Å²) in [6.07, 6.45) is 6.45. The van der Waals surface area contributed by atoms with Gasteiger partial charge < -0.3 is 15.9 Å². The molecular formula is C22H39NO2. The second-order valence-corrected chi connectivity index (χ2v) is 9.52. The van der Waals surface area contributed by atoms with Gasteiger partial charge in [0.1, 0.15) is 0 Å². The molecule has 25 heavy (non-hydrogen) atoms. The van der Waals surface area contributed by atoms with Crippen molar-refractivity contribution < 1.29 is 10.2 Å². The van der Waals surface area contributed by atoms with Crippen LogP contribution in [0.5, 0.6) is 0 Å². The highest BCUT2D eigenvalue weighted by Gasteiger charge is 2.63. The van der Waals surface area contributed by atoms with E-state index in [4.69, 9.17) is 5.73 Å². The maximum absolute atomic E-state index is 11.0. The molecule has 0 saturated heterocycles. The number of fused-ring (bicyclic) bond motifs is 5. The molecule has 9 atom stereocenters. The van der Waals surface area contributed by atoms with E-state index in [-0.39, 0.29) is 28.7 Å². The molecule has 5 unspecified atom stereocenters. The summed E-state index contributed by atoms with van der Waals surface area (Å²) >= 11 is 0. The van der Waals surface area contributed by atoms with Crippen LogP contribution in [0.2, 0.25) is 0 Å². The van der Waals surface area contributed by atoms with E-state index in [0.717, 1.165) is 32.1 Å². The van der Waals surface area contributed by atoms with Crippen LogP contribution in [0, 0.1) is 34.5 Å². The van der Waals surface area contributed by atoms with E-state index in [9.17, 15) is 10.2 Å². The Morgan fingerprint density at radius 1 is 0.960 bits per heavy atom. The molecule has 0 radical (unpaired) electrons. The van der Waals surface area contributed by atoms with Gasteiger partial charge in [0, 0.05) is 6.04 Å². The fourth-order valence-electron chi connectivity index (χ4n) is 7.20. The number of rotatable bonds is 0. The molecule has 4 rings (SSSR count). The largest absolute Gasteiger partial charge is 0.390 e. The van der Waals surface area contributed by atoms with Crippen LogP contribution in [0.25, 0.3) is 0 Å². The second kappa shape index (κ2) is 6.65. The molecule has 4 fully saturated rings. The third kappa shape index (κ3) is 2.64. The predicted molar refractivity (Wildman–Crippen MR) is 103 cm³/mol. The minimum Gasteiger partial charge on any atom is -0.390 e. The summed E-state index contributed by atoms with van der Waals surface area (Å²) in [5, 5.41) is 22.0. The zero-order chi connectivity index (χ0) is 18.6. The molecule has 0 bridgehead atoms. The lowest BCUT2D eigenvalue weighted by Gasteiger charge is -2.63. The van der Waals surface area contributed by atoms with E-state index in [1.54, 1.807) is 0 Å². The molecule has 0 heterocycles. The van der Waals surface area contributed by atoms with E-state index in [0.29, 0.717) is 11.8 Å². The van der Waals surface area contributed by atoms with Gasteiger partial charge in [-0.25, -0.2) is 0 Å². The first kappa shape index (κ1) is 19.4. The monoisotopic (exact) mass is 349 g/mol. The van der Waals surface area contributed by atoms with Crippen LogP contribution in [-0.2, 0) is 0 Å². The first-order chi connectivity index (χ1) is 11.8. The van der Waals surface area contributed by atoms with E-state index in [1.165, 1.54) is 18.4 Å². The number of allylic oxidation sites excluding steroid dienone is 1. The van der Waals surface area contributed by atoms with Gasteiger partial charge in [0.2, 0.25) is 0 Å². The topological polar surface area (TPSA) is 66.5 Å². The molecule has 0 amide bonds.